The van der Waals surface area contributed by atoms with Crippen LogP contribution in [0.15, 0.2) is 30.3 Å². The molecule has 0 radical (unpaired) electrons. The van der Waals surface area contributed by atoms with Crippen LogP contribution in [0, 0.1) is 5.92 Å². The molecule has 80 valence electrons. The van der Waals surface area contributed by atoms with E-state index in [1.807, 2.05) is 0 Å². The third kappa shape index (κ3) is 1.41. The van der Waals surface area contributed by atoms with E-state index in [-0.39, 0.29) is 5.60 Å². The molecule has 3 rings (SSSR count). The predicted molar refractivity (Wildman–Crippen MR) is 60.6 cm³/mol. The molecule has 0 amide bonds. The van der Waals surface area contributed by atoms with Crippen molar-refractivity contribution < 1.29 is 4.74 Å². The quantitative estimate of drug-likeness (QED) is 0.677. The molecule has 1 nitrogen and oxygen atoms in total. The molecule has 1 aromatic carbocycles. The molecule has 2 fully saturated rings. The van der Waals surface area contributed by atoms with Crippen molar-refractivity contribution in [1.82, 2.24) is 0 Å². The fourth-order valence-corrected chi connectivity index (χ4v) is 3.27. The number of fused-ring (bicyclic) bond motifs is 2. The number of hydrogen-bond donors (Lipinski definition) is 0. The van der Waals surface area contributed by atoms with Crippen molar-refractivity contribution in [2.45, 2.75) is 44.3 Å². The molecule has 0 spiro atoms. The van der Waals surface area contributed by atoms with Crippen molar-refractivity contribution >= 4 is 0 Å². The first kappa shape index (κ1) is 9.41. The number of benzene rings is 1. The summed E-state index contributed by atoms with van der Waals surface area (Å²) < 4.78 is 6.28. The summed E-state index contributed by atoms with van der Waals surface area (Å²) in [4.78, 5) is 0. The lowest BCUT2D eigenvalue weighted by Gasteiger charge is -2.34. The largest absolute Gasteiger partial charge is 0.367 e. The average Bonchev–Trinajstić information content (AvgIpc) is 2.52. The normalized spacial score (nSPS) is 39.3. The van der Waals surface area contributed by atoms with E-state index in [2.05, 4.69) is 37.3 Å². The number of rotatable bonds is 1. The van der Waals surface area contributed by atoms with Crippen molar-refractivity contribution in [3.05, 3.63) is 35.9 Å². The zero-order valence-electron chi connectivity index (χ0n) is 9.28. The molecule has 0 N–H and O–H groups in total. The summed E-state index contributed by atoms with van der Waals surface area (Å²) in [5.41, 5.74) is 1.45. The van der Waals surface area contributed by atoms with Crippen molar-refractivity contribution in [1.29, 1.82) is 0 Å². The Morgan fingerprint density at radius 1 is 1.27 bits per heavy atom. The SMILES string of the molecule is CC1CC2(c3ccccc3)CCCC1O2. The molecule has 0 saturated carbocycles. The van der Waals surface area contributed by atoms with E-state index >= 15 is 0 Å². The minimum absolute atomic E-state index is 0.0591. The average molecular weight is 202 g/mol. The molecular weight excluding hydrogens is 184 g/mol. The fraction of sp³-hybridized carbons (Fsp3) is 0.571. The summed E-state index contributed by atoms with van der Waals surface area (Å²) in [7, 11) is 0. The van der Waals surface area contributed by atoms with Gasteiger partial charge >= 0.3 is 0 Å². The van der Waals surface area contributed by atoms with Gasteiger partial charge in [0.25, 0.3) is 0 Å². The van der Waals surface area contributed by atoms with Crippen LogP contribution in [0.5, 0.6) is 0 Å². The van der Waals surface area contributed by atoms with Gasteiger partial charge in [-0.15, -0.1) is 0 Å². The van der Waals surface area contributed by atoms with Gasteiger partial charge < -0.3 is 4.74 Å². The molecule has 1 heteroatoms. The highest BCUT2D eigenvalue weighted by molar-refractivity contribution is 5.25. The van der Waals surface area contributed by atoms with Gasteiger partial charge in [0.05, 0.1) is 11.7 Å². The van der Waals surface area contributed by atoms with E-state index < -0.39 is 0 Å². The highest BCUT2D eigenvalue weighted by Gasteiger charge is 2.47. The maximum atomic E-state index is 6.28. The zero-order chi connectivity index (χ0) is 10.3. The van der Waals surface area contributed by atoms with Gasteiger partial charge in [0.1, 0.15) is 0 Å². The van der Waals surface area contributed by atoms with Crippen molar-refractivity contribution in [3.8, 4) is 0 Å². The lowest BCUT2D eigenvalue weighted by molar-refractivity contribution is -0.0850. The topological polar surface area (TPSA) is 9.23 Å². The Kier molecular flexibility index (Phi) is 2.10. The van der Waals surface area contributed by atoms with Crippen LogP contribution in [0.3, 0.4) is 0 Å². The molecule has 2 aliphatic heterocycles. The summed E-state index contributed by atoms with van der Waals surface area (Å²) in [6, 6.07) is 10.8. The second kappa shape index (κ2) is 3.34. The number of ether oxygens (including phenoxy) is 1. The second-order valence-electron chi connectivity index (χ2n) is 5.09. The van der Waals surface area contributed by atoms with Gasteiger partial charge in [0.15, 0.2) is 0 Å². The molecule has 15 heavy (non-hydrogen) atoms. The van der Waals surface area contributed by atoms with Crippen LogP contribution in [0.2, 0.25) is 0 Å². The summed E-state index contributed by atoms with van der Waals surface area (Å²) in [5.74, 6) is 0.729. The smallest absolute Gasteiger partial charge is 0.0938 e. The van der Waals surface area contributed by atoms with Gasteiger partial charge in [0, 0.05) is 0 Å². The molecule has 2 bridgehead atoms. The fourth-order valence-electron chi connectivity index (χ4n) is 3.27. The van der Waals surface area contributed by atoms with E-state index in [4.69, 9.17) is 4.74 Å². The lowest BCUT2D eigenvalue weighted by atomic mass is 9.85. The first-order valence-electron chi connectivity index (χ1n) is 6.03. The van der Waals surface area contributed by atoms with E-state index in [0.717, 1.165) is 5.92 Å². The summed E-state index contributed by atoms with van der Waals surface area (Å²) in [6.45, 7) is 2.33. The van der Waals surface area contributed by atoms with E-state index in [0.29, 0.717) is 6.10 Å². The Bertz CT molecular complexity index is 342. The second-order valence-corrected chi connectivity index (χ2v) is 5.09. The summed E-state index contributed by atoms with van der Waals surface area (Å²) >= 11 is 0. The summed E-state index contributed by atoms with van der Waals surface area (Å²) in [5, 5.41) is 0. The molecule has 1 aromatic rings. The molecule has 0 aliphatic carbocycles. The van der Waals surface area contributed by atoms with Crippen molar-refractivity contribution in [3.63, 3.8) is 0 Å². The zero-order valence-corrected chi connectivity index (χ0v) is 9.28. The molecule has 3 unspecified atom stereocenters. The highest BCUT2D eigenvalue weighted by Crippen LogP contribution is 2.50. The van der Waals surface area contributed by atoms with E-state index in [1.165, 1.54) is 31.2 Å². The maximum Gasteiger partial charge on any atom is 0.0938 e. The third-order valence-corrected chi connectivity index (χ3v) is 4.03. The van der Waals surface area contributed by atoms with E-state index in [1.54, 1.807) is 0 Å². The van der Waals surface area contributed by atoms with Crippen LogP contribution in [-0.2, 0) is 10.3 Å². The Hall–Kier alpha value is -0.820. The number of hydrogen-bond acceptors (Lipinski definition) is 1. The Balaban J connectivity index is 1.98. The standard InChI is InChI=1S/C14H18O/c1-11-10-14(9-5-8-13(11)15-14)12-6-3-2-4-7-12/h2-4,6-7,11,13H,5,8-10H2,1H3. The molecule has 2 aliphatic rings. The van der Waals surface area contributed by atoms with Crippen LogP contribution in [0.1, 0.15) is 38.2 Å². The molecule has 0 aromatic heterocycles. The first-order chi connectivity index (χ1) is 7.30. The molecular formula is C14H18O. The van der Waals surface area contributed by atoms with Crippen LogP contribution >= 0.6 is 0 Å². The molecule has 2 saturated heterocycles. The molecule has 3 atom stereocenters. The predicted octanol–water partition coefficient (Wildman–Crippen LogP) is 3.49. The van der Waals surface area contributed by atoms with Gasteiger partial charge in [-0.3, -0.25) is 0 Å². The monoisotopic (exact) mass is 202 g/mol. The van der Waals surface area contributed by atoms with Gasteiger partial charge in [-0.2, -0.15) is 0 Å². The van der Waals surface area contributed by atoms with Crippen LogP contribution < -0.4 is 0 Å². The van der Waals surface area contributed by atoms with Gasteiger partial charge in [-0.1, -0.05) is 37.3 Å². The third-order valence-electron chi connectivity index (χ3n) is 4.03. The van der Waals surface area contributed by atoms with Crippen molar-refractivity contribution in [2.24, 2.45) is 5.92 Å². The van der Waals surface area contributed by atoms with Crippen LogP contribution in [-0.4, -0.2) is 6.10 Å². The summed E-state index contributed by atoms with van der Waals surface area (Å²) in [6.07, 6.45) is 5.51. The lowest BCUT2D eigenvalue weighted by Crippen LogP contribution is -2.30. The first-order valence-corrected chi connectivity index (χ1v) is 6.03. The van der Waals surface area contributed by atoms with Gasteiger partial charge in [-0.25, -0.2) is 0 Å². The minimum Gasteiger partial charge on any atom is -0.367 e. The van der Waals surface area contributed by atoms with Crippen LogP contribution in [0.4, 0.5) is 0 Å². The van der Waals surface area contributed by atoms with Gasteiger partial charge in [-0.05, 0) is 37.2 Å². The Morgan fingerprint density at radius 3 is 2.87 bits per heavy atom. The van der Waals surface area contributed by atoms with Crippen molar-refractivity contribution in [2.75, 3.05) is 0 Å². The Morgan fingerprint density at radius 2 is 2.07 bits per heavy atom. The van der Waals surface area contributed by atoms with Gasteiger partial charge in [0.2, 0.25) is 0 Å². The maximum absolute atomic E-state index is 6.28. The minimum atomic E-state index is 0.0591. The molecule has 2 heterocycles. The highest BCUT2D eigenvalue weighted by atomic mass is 16.5. The Labute approximate surface area is 91.5 Å². The van der Waals surface area contributed by atoms with Crippen LogP contribution in [0.25, 0.3) is 0 Å². The van der Waals surface area contributed by atoms with E-state index in [9.17, 15) is 0 Å².